The van der Waals surface area contributed by atoms with Gasteiger partial charge < -0.3 is 10.2 Å². The minimum absolute atomic E-state index is 0.00756. The highest BCUT2D eigenvalue weighted by Gasteiger charge is 2.26. The molecule has 2 aromatic carbocycles. The summed E-state index contributed by atoms with van der Waals surface area (Å²) in [6.45, 7) is 3.49. The van der Waals surface area contributed by atoms with Crippen LogP contribution in [0.1, 0.15) is 30.9 Å². The number of aryl methyl sites for hydroxylation is 1. The molecule has 0 spiro atoms. The maximum Gasteiger partial charge on any atom is 0.242 e. The van der Waals surface area contributed by atoms with E-state index in [9.17, 15) is 22.4 Å². The predicted octanol–water partition coefficient (Wildman–Crippen LogP) is 2.84. The van der Waals surface area contributed by atoms with Crippen LogP contribution < -0.4 is 9.62 Å². The van der Waals surface area contributed by atoms with Crippen LogP contribution in [0.3, 0.4) is 0 Å². The Hall–Kier alpha value is -2.94. The van der Waals surface area contributed by atoms with Gasteiger partial charge in [-0.15, -0.1) is 0 Å². The maximum atomic E-state index is 14.2. The fraction of sp³-hybridized carbons (Fsp3) is 0.391. The molecule has 0 aromatic heterocycles. The third-order valence-electron chi connectivity index (χ3n) is 5.15. The highest BCUT2D eigenvalue weighted by molar-refractivity contribution is 7.92. The van der Waals surface area contributed by atoms with E-state index in [4.69, 9.17) is 0 Å². The van der Waals surface area contributed by atoms with Crippen LogP contribution >= 0.6 is 0 Å². The van der Waals surface area contributed by atoms with Crippen LogP contribution in [-0.4, -0.2) is 51.0 Å². The molecule has 7 nitrogen and oxygen atoms in total. The summed E-state index contributed by atoms with van der Waals surface area (Å²) >= 11 is 0. The number of nitrogens with zero attached hydrogens (tertiary/aromatic N) is 2. The zero-order valence-corrected chi connectivity index (χ0v) is 19.7. The smallest absolute Gasteiger partial charge is 0.242 e. The van der Waals surface area contributed by atoms with Gasteiger partial charge in [-0.3, -0.25) is 13.9 Å². The number of benzene rings is 2. The zero-order chi connectivity index (χ0) is 23.9. The van der Waals surface area contributed by atoms with Gasteiger partial charge in [0.05, 0.1) is 11.9 Å². The summed E-state index contributed by atoms with van der Waals surface area (Å²) in [7, 11) is -2.08. The van der Waals surface area contributed by atoms with Crippen molar-refractivity contribution in [3.05, 3.63) is 65.5 Å². The summed E-state index contributed by atoms with van der Waals surface area (Å²) in [4.78, 5) is 26.5. The lowest BCUT2D eigenvalue weighted by molar-refractivity contribution is -0.140. The van der Waals surface area contributed by atoms with Gasteiger partial charge in [0.1, 0.15) is 11.9 Å². The van der Waals surface area contributed by atoms with Crippen LogP contribution in [0.15, 0.2) is 48.5 Å². The number of nitrogens with one attached hydrogen (secondary N) is 1. The van der Waals surface area contributed by atoms with Crippen LogP contribution in [0.4, 0.5) is 10.1 Å². The Balaban J connectivity index is 2.15. The van der Waals surface area contributed by atoms with E-state index in [1.165, 1.54) is 22.3 Å². The molecule has 0 aliphatic rings. The van der Waals surface area contributed by atoms with Gasteiger partial charge in [-0.2, -0.15) is 0 Å². The molecule has 2 aromatic rings. The number of hydrogen-bond donors (Lipinski definition) is 1. The molecule has 0 aliphatic carbocycles. The Kier molecular flexibility index (Phi) is 8.77. The number of hydrogen-bond acceptors (Lipinski definition) is 4. The number of rotatable bonds is 10. The summed E-state index contributed by atoms with van der Waals surface area (Å²) in [6.07, 6.45) is 1.37. The third kappa shape index (κ3) is 6.78. The summed E-state index contributed by atoms with van der Waals surface area (Å²) in [5.41, 5.74) is 1.75. The van der Waals surface area contributed by atoms with Crippen LogP contribution in [0, 0.1) is 12.7 Å². The van der Waals surface area contributed by atoms with Gasteiger partial charge in [0.25, 0.3) is 0 Å². The first kappa shape index (κ1) is 25.3. The number of carbonyl (C=O) groups is 2. The zero-order valence-electron chi connectivity index (χ0n) is 18.8. The van der Waals surface area contributed by atoms with Crippen LogP contribution in [0.5, 0.6) is 0 Å². The Bertz CT molecular complexity index is 1060. The first-order chi connectivity index (χ1) is 15.0. The lowest BCUT2D eigenvalue weighted by Gasteiger charge is -2.29. The quantitative estimate of drug-likeness (QED) is 0.587. The fourth-order valence-corrected chi connectivity index (χ4v) is 4.35. The van der Waals surface area contributed by atoms with Crippen molar-refractivity contribution < 1.29 is 22.4 Å². The summed E-state index contributed by atoms with van der Waals surface area (Å²) in [5, 5.41) is 2.51. The van der Waals surface area contributed by atoms with Crippen molar-refractivity contribution in [3.8, 4) is 0 Å². The first-order valence-corrected chi connectivity index (χ1v) is 12.2. The molecule has 1 atom stereocenters. The monoisotopic (exact) mass is 463 g/mol. The van der Waals surface area contributed by atoms with Gasteiger partial charge in [0.2, 0.25) is 21.8 Å². The van der Waals surface area contributed by atoms with Crippen LogP contribution in [-0.2, 0) is 26.2 Å². The van der Waals surface area contributed by atoms with E-state index in [2.05, 4.69) is 5.32 Å². The lowest BCUT2D eigenvalue weighted by Crippen LogP contribution is -2.47. The van der Waals surface area contributed by atoms with Crippen molar-refractivity contribution in [2.45, 2.75) is 39.3 Å². The molecule has 0 unspecified atom stereocenters. The van der Waals surface area contributed by atoms with Gasteiger partial charge in [0.15, 0.2) is 0 Å². The van der Waals surface area contributed by atoms with Gasteiger partial charge in [0, 0.05) is 32.1 Å². The summed E-state index contributed by atoms with van der Waals surface area (Å²) in [6, 6.07) is 12.4. The van der Waals surface area contributed by atoms with E-state index in [0.29, 0.717) is 11.3 Å². The molecule has 32 heavy (non-hydrogen) atoms. The molecule has 0 bridgehead atoms. The van der Waals surface area contributed by atoms with E-state index in [1.54, 1.807) is 43.3 Å². The predicted molar refractivity (Wildman–Crippen MR) is 123 cm³/mol. The molecule has 0 radical (unpaired) electrons. The highest BCUT2D eigenvalue weighted by atomic mass is 32.2. The van der Waals surface area contributed by atoms with E-state index in [-0.39, 0.29) is 37.7 Å². The topological polar surface area (TPSA) is 86.8 Å². The Morgan fingerprint density at radius 3 is 2.41 bits per heavy atom. The molecule has 2 rings (SSSR count). The molecule has 9 heteroatoms. The number of halogens is 1. The Morgan fingerprint density at radius 2 is 1.81 bits per heavy atom. The van der Waals surface area contributed by atoms with E-state index in [0.717, 1.165) is 11.8 Å². The van der Waals surface area contributed by atoms with Gasteiger partial charge in [-0.25, -0.2) is 12.8 Å². The van der Waals surface area contributed by atoms with Crippen molar-refractivity contribution in [1.82, 2.24) is 10.2 Å². The molecule has 174 valence electrons. The van der Waals surface area contributed by atoms with Crippen molar-refractivity contribution in [3.63, 3.8) is 0 Å². The Morgan fingerprint density at radius 1 is 1.12 bits per heavy atom. The molecule has 0 aliphatic heterocycles. The molecular formula is C23H30FN3O4S. The number of likely N-dealkylation sites (N-methyl/N-ethyl adjacent to an activating group) is 1. The van der Waals surface area contributed by atoms with Crippen LogP contribution in [0.2, 0.25) is 0 Å². The third-order valence-corrected chi connectivity index (χ3v) is 6.35. The number of amides is 2. The average Bonchev–Trinajstić information content (AvgIpc) is 2.74. The standard InChI is InChI=1S/C23H30FN3O4S/c1-17-9-7-11-20(15-17)27(32(4,30)31)14-8-13-22(28)26(18(2)23(29)25-3)16-19-10-5-6-12-21(19)24/h5-7,9-12,15,18H,8,13-14,16H2,1-4H3,(H,25,29)/t18-/m0/s1. The van der Waals surface area contributed by atoms with E-state index < -0.39 is 21.9 Å². The summed E-state index contributed by atoms with van der Waals surface area (Å²) in [5.74, 6) is -1.19. The lowest BCUT2D eigenvalue weighted by atomic mass is 10.1. The SMILES string of the molecule is CNC(=O)[C@H](C)N(Cc1ccccc1F)C(=O)CCCN(c1cccc(C)c1)S(C)(=O)=O. The van der Waals surface area contributed by atoms with Crippen molar-refractivity contribution in [2.75, 3.05) is 24.2 Å². The second-order valence-corrected chi connectivity index (χ2v) is 9.59. The van der Waals surface area contributed by atoms with E-state index >= 15 is 0 Å². The molecule has 0 saturated heterocycles. The molecule has 0 fully saturated rings. The highest BCUT2D eigenvalue weighted by Crippen LogP contribution is 2.20. The molecular weight excluding hydrogens is 433 g/mol. The van der Waals surface area contributed by atoms with Crippen LogP contribution in [0.25, 0.3) is 0 Å². The van der Waals surface area contributed by atoms with Gasteiger partial charge >= 0.3 is 0 Å². The first-order valence-electron chi connectivity index (χ1n) is 10.3. The molecule has 0 heterocycles. The maximum absolute atomic E-state index is 14.2. The second kappa shape index (κ2) is 11.1. The van der Waals surface area contributed by atoms with Gasteiger partial charge in [-0.1, -0.05) is 30.3 Å². The van der Waals surface area contributed by atoms with E-state index in [1.807, 2.05) is 13.0 Å². The average molecular weight is 464 g/mol. The molecule has 1 N–H and O–H groups in total. The normalized spacial score (nSPS) is 12.2. The second-order valence-electron chi connectivity index (χ2n) is 7.68. The van der Waals surface area contributed by atoms with Crippen molar-refractivity contribution in [2.24, 2.45) is 0 Å². The van der Waals surface area contributed by atoms with Crippen molar-refractivity contribution in [1.29, 1.82) is 0 Å². The fourth-order valence-electron chi connectivity index (χ4n) is 3.39. The molecule has 0 saturated carbocycles. The number of sulfonamides is 1. The summed E-state index contributed by atoms with van der Waals surface area (Å²) < 4.78 is 40.0. The number of anilines is 1. The van der Waals surface area contributed by atoms with Gasteiger partial charge in [-0.05, 0) is 44.0 Å². The number of carbonyl (C=O) groups excluding carboxylic acids is 2. The largest absolute Gasteiger partial charge is 0.357 e. The van der Waals surface area contributed by atoms with Crippen molar-refractivity contribution >= 4 is 27.5 Å². The Labute approximate surface area is 189 Å². The molecule has 2 amide bonds. The minimum atomic E-state index is -3.55. The minimum Gasteiger partial charge on any atom is -0.357 e.